The molecule has 2 heteroatoms. The molecule has 2 aromatic rings. The van der Waals surface area contributed by atoms with Gasteiger partial charge in [-0.25, -0.2) is 0 Å². The summed E-state index contributed by atoms with van der Waals surface area (Å²) in [6.07, 6.45) is 2.01. The van der Waals surface area contributed by atoms with E-state index in [1.54, 1.807) is 0 Å². The maximum atomic E-state index is 3.59. The van der Waals surface area contributed by atoms with Gasteiger partial charge in [-0.15, -0.1) is 0 Å². The van der Waals surface area contributed by atoms with E-state index in [1.807, 2.05) is 6.20 Å². The zero-order chi connectivity index (χ0) is 13.2. The van der Waals surface area contributed by atoms with Crippen molar-refractivity contribution in [3.05, 3.63) is 36.0 Å². The van der Waals surface area contributed by atoms with Crippen molar-refractivity contribution < 1.29 is 0 Å². The molecule has 0 amide bonds. The largest absolute Gasteiger partial charge is 0.361 e. The number of hydrogen-bond donors (Lipinski definition) is 2. The van der Waals surface area contributed by atoms with Crippen molar-refractivity contribution in [3.63, 3.8) is 0 Å². The van der Waals surface area contributed by atoms with E-state index in [1.165, 1.54) is 16.5 Å². The van der Waals surface area contributed by atoms with Crippen LogP contribution in [0.15, 0.2) is 30.5 Å². The summed E-state index contributed by atoms with van der Waals surface area (Å²) in [4.78, 5) is 3.26. The third-order valence-electron chi connectivity index (χ3n) is 4.14. The summed E-state index contributed by atoms with van der Waals surface area (Å²) in [6, 6.07) is 8.59. The molecule has 0 spiro atoms. The highest BCUT2D eigenvalue weighted by Crippen LogP contribution is 2.25. The Morgan fingerprint density at radius 1 is 1.22 bits per heavy atom. The highest BCUT2D eigenvalue weighted by atomic mass is 14.9. The zero-order valence-corrected chi connectivity index (χ0v) is 11.9. The standard InChI is InChI=1S/C16H24N2/c1-12(2)16(3,4)11-17-10-13-6-5-7-15-14(13)8-9-18-15/h5-9,12,17-18H,10-11H2,1-4H3. The van der Waals surface area contributed by atoms with Gasteiger partial charge in [0.15, 0.2) is 0 Å². The average Bonchev–Trinajstić information content (AvgIpc) is 2.77. The Morgan fingerprint density at radius 2 is 2.00 bits per heavy atom. The van der Waals surface area contributed by atoms with Gasteiger partial charge < -0.3 is 10.3 Å². The minimum absolute atomic E-state index is 0.339. The topological polar surface area (TPSA) is 27.8 Å². The van der Waals surface area contributed by atoms with Crippen molar-refractivity contribution in [1.29, 1.82) is 0 Å². The Kier molecular flexibility index (Phi) is 3.76. The lowest BCUT2D eigenvalue weighted by atomic mass is 9.81. The van der Waals surface area contributed by atoms with Crippen LogP contribution in [0.2, 0.25) is 0 Å². The monoisotopic (exact) mass is 244 g/mol. The molecule has 0 atom stereocenters. The Labute approximate surface area is 110 Å². The molecule has 0 aliphatic heterocycles. The number of H-pyrrole nitrogens is 1. The summed E-state index contributed by atoms with van der Waals surface area (Å²) < 4.78 is 0. The van der Waals surface area contributed by atoms with Gasteiger partial charge in [-0.3, -0.25) is 0 Å². The Morgan fingerprint density at radius 3 is 2.72 bits per heavy atom. The quantitative estimate of drug-likeness (QED) is 0.819. The summed E-state index contributed by atoms with van der Waals surface area (Å²) in [7, 11) is 0. The van der Waals surface area contributed by atoms with Crippen molar-refractivity contribution in [3.8, 4) is 0 Å². The molecule has 0 saturated heterocycles. The lowest BCUT2D eigenvalue weighted by Crippen LogP contribution is -2.33. The molecule has 2 N–H and O–H groups in total. The summed E-state index contributed by atoms with van der Waals surface area (Å²) in [5.41, 5.74) is 2.93. The van der Waals surface area contributed by atoms with E-state index < -0.39 is 0 Å². The van der Waals surface area contributed by atoms with Crippen LogP contribution in [-0.4, -0.2) is 11.5 Å². The number of benzene rings is 1. The minimum Gasteiger partial charge on any atom is -0.361 e. The van der Waals surface area contributed by atoms with Gasteiger partial charge in [0.2, 0.25) is 0 Å². The number of aromatic nitrogens is 1. The molecule has 2 nitrogen and oxygen atoms in total. The van der Waals surface area contributed by atoms with E-state index in [2.05, 4.69) is 62.3 Å². The van der Waals surface area contributed by atoms with Crippen molar-refractivity contribution >= 4 is 10.9 Å². The Balaban J connectivity index is 2.01. The zero-order valence-electron chi connectivity index (χ0n) is 11.9. The molecule has 98 valence electrons. The minimum atomic E-state index is 0.339. The summed E-state index contributed by atoms with van der Waals surface area (Å²) in [5, 5.41) is 4.92. The molecule has 0 unspecified atom stereocenters. The molecule has 0 radical (unpaired) electrons. The van der Waals surface area contributed by atoms with Gasteiger partial charge in [-0.2, -0.15) is 0 Å². The number of aromatic amines is 1. The maximum absolute atomic E-state index is 3.59. The van der Waals surface area contributed by atoms with Crippen LogP contribution in [0.3, 0.4) is 0 Å². The third-order valence-corrected chi connectivity index (χ3v) is 4.14. The molecule has 0 saturated carbocycles. The molecule has 0 aliphatic carbocycles. The molecule has 0 aliphatic rings. The van der Waals surface area contributed by atoms with Gasteiger partial charge >= 0.3 is 0 Å². The Hall–Kier alpha value is -1.28. The smallest absolute Gasteiger partial charge is 0.0457 e. The summed E-state index contributed by atoms with van der Waals surface area (Å²) in [5.74, 6) is 0.688. The SMILES string of the molecule is CC(C)C(C)(C)CNCc1cccc2[nH]ccc12. The fourth-order valence-electron chi connectivity index (χ4n) is 2.03. The van der Waals surface area contributed by atoms with E-state index in [-0.39, 0.29) is 0 Å². The lowest BCUT2D eigenvalue weighted by molar-refractivity contribution is 0.238. The highest BCUT2D eigenvalue weighted by molar-refractivity contribution is 5.82. The van der Waals surface area contributed by atoms with Crippen molar-refractivity contribution in [2.45, 2.75) is 34.2 Å². The number of rotatable bonds is 5. The summed E-state index contributed by atoms with van der Waals surface area (Å²) in [6.45, 7) is 11.2. The first-order chi connectivity index (χ1) is 8.50. The first-order valence-corrected chi connectivity index (χ1v) is 6.76. The maximum Gasteiger partial charge on any atom is 0.0457 e. The highest BCUT2D eigenvalue weighted by Gasteiger charge is 2.21. The third kappa shape index (κ3) is 2.75. The van der Waals surface area contributed by atoms with Crippen molar-refractivity contribution in [2.75, 3.05) is 6.54 Å². The average molecular weight is 244 g/mol. The van der Waals surface area contributed by atoms with Gasteiger partial charge in [-0.05, 0) is 29.0 Å². The Bertz CT molecular complexity index is 509. The molecule has 0 bridgehead atoms. The molecular formula is C16H24N2. The lowest BCUT2D eigenvalue weighted by Gasteiger charge is -2.29. The summed E-state index contributed by atoms with van der Waals surface area (Å²) >= 11 is 0. The van der Waals surface area contributed by atoms with E-state index in [9.17, 15) is 0 Å². The van der Waals surface area contributed by atoms with Crippen LogP contribution < -0.4 is 5.32 Å². The first kappa shape index (κ1) is 13.2. The van der Waals surface area contributed by atoms with Crippen LogP contribution in [0.5, 0.6) is 0 Å². The molecule has 0 fully saturated rings. The molecule has 2 rings (SSSR count). The van der Waals surface area contributed by atoms with Crippen LogP contribution in [0.25, 0.3) is 10.9 Å². The molecular weight excluding hydrogens is 220 g/mol. The number of nitrogens with one attached hydrogen (secondary N) is 2. The predicted molar refractivity (Wildman–Crippen MR) is 78.6 cm³/mol. The van der Waals surface area contributed by atoms with Crippen molar-refractivity contribution in [1.82, 2.24) is 10.3 Å². The van der Waals surface area contributed by atoms with Gasteiger partial charge in [0, 0.05) is 30.2 Å². The van der Waals surface area contributed by atoms with Crippen LogP contribution in [0, 0.1) is 11.3 Å². The van der Waals surface area contributed by atoms with Gasteiger partial charge in [0.1, 0.15) is 0 Å². The fraction of sp³-hybridized carbons (Fsp3) is 0.500. The van der Waals surface area contributed by atoms with E-state index >= 15 is 0 Å². The van der Waals surface area contributed by atoms with E-state index in [4.69, 9.17) is 0 Å². The van der Waals surface area contributed by atoms with E-state index in [0.29, 0.717) is 11.3 Å². The normalized spacial score (nSPS) is 12.5. The van der Waals surface area contributed by atoms with Crippen LogP contribution in [0.4, 0.5) is 0 Å². The fourth-order valence-corrected chi connectivity index (χ4v) is 2.03. The molecule has 1 aromatic carbocycles. The first-order valence-electron chi connectivity index (χ1n) is 6.76. The second-order valence-electron chi connectivity index (χ2n) is 6.10. The molecule has 1 heterocycles. The molecule has 18 heavy (non-hydrogen) atoms. The second-order valence-corrected chi connectivity index (χ2v) is 6.10. The van der Waals surface area contributed by atoms with Crippen LogP contribution in [0.1, 0.15) is 33.3 Å². The van der Waals surface area contributed by atoms with Crippen LogP contribution in [-0.2, 0) is 6.54 Å². The predicted octanol–water partition coefficient (Wildman–Crippen LogP) is 3.94. The van der Waals surface area contributed by atoms with E-state index in [0.717, 1.165) is 13.1 Å². The van der Waals surface area contributed by atoms with Gasteiger partial charge in [0.05, 0.1) is 0 Å². The number of hydrogen-bond acceptors (Lipinski definition) is 1. The van der Waals surface area contributed by atoms with Gasteiger partial charge in [-0.1, -0.05) is 39.8 Å². The number of fused-ring (bicyclic) bond motifs is 1. The van der Waals surface area contributed by atoms with Crippen LogP contribution >= 0.6 is 0 Å². The second kappa shape index (κ2) is 5.15. The van der Waals surface area contributed by atoms with Crippen molar-refractivity contribution in [2.24, 2.45) is 11.3 Å². The molecule has 1 aromatic heterocycles. The van der Waals surface area contributed by atoms with Gasteiger partial charge in [0.25, 0.3) is 0 Å².